The molecule has 0 spiro atoms. The van der Waals surface area contributed by atoms with Crippen molar-refractivity contribution in [2.45, 2.75) is 13.0 Å². The number of rotatable bonds is 3. The quantitative estimate of drug-likeness (QED) is 0.681. The van der Waals surface area contributed by atoms with E-state index in [0.29, 0.717) is 30.0 Å². The lowest BCUT2D eigenvalue weighted by atomic mass is 9.93. The number of nitrogens with two attached hydrogens (primary N) is 1. The number of benzene rings is 2. The molecule has 2 heterocycles. The fourth-order valence-corrected chi connectivity index (χ4v) is 3.48. The van der Waals surface area contributed by atoms with Crippen molar-refractivity contribution < 1.29 is 13.5 Å². The Morgan fingerprint density at radius 2 is 1.86 bits per heavy atom. The second kappa shape index (κ2) is 7.09. The number of aryl methyl sites for hydroxylation is 1. The highest BCUT2D eigenvalue weighted by molar-refractivity contribution is 5.77. The minimum Gasteiger partial charge on any atom is -0.454 e. The summed E-state index contributed by atoms with van der Waals surface area (Å²) in [5.41, 5.74) is 9.52. The molecule has 5 nitrogen and oxygen atoms in total. The zero-order chi connectivity index (χ0) is 19.8. The molecule has 1 aromatic heterocycles. The number of halogens is 2. The molecule has 0 amide bonds. The number of nitrogens with one attached hydrogen (secondary N) is 1. The maximum absolute atomic E-state index is 14.1. The number of nitrogens with zero attached hydrogens (tertiary/aromatic N) is 1. The predicted octanol–water partition coefficient (Wildman–Crippen LogP) is 3.35. The van der Waals surface area contributed by atoms with Crippen molar-refractivity contribution in [3.63, 3.8) is 0 Å². The Kier molecular flexibility index (Phi) is 4.60. The fourth-order valence-electron chi connectivity index (χ4n) is 3.48. The molecule has 144 valence electrons. The molecule has 0 bridgehead atoms. The van der Waals surface area contributed by atoms with Gasteiger partial charge in [-0.2, -0.15) is 0 Å². The summed E-state index contributed by atoms with van der Waals surface area (Å²) in [5.74, 6) is -1.21. The molecule has 3 N–H and O–H groups in total. The van der Waals surface area contributed by atoms with Crippen LogP contribution in [0, 0.1) is 11.6 Å². The molecular weight excluding hydrogens is 364 g/mol. The minimum atomic E-state index is -0.799. The lowest BCUT2D eigenvalue weighted by Gasteiger charge is -2.22. The third-order valence-corrected chi connectivity index (χ3v) is 4.85. The topological polar surface area (TPSA) is 69.3 Å². The third kappa shape index (κ3) is 3.25. The first-order valence-electron chi connectivity index (χ1n) is 8.89. The van der Waals surface area contributed by atoms with Crippen LogP contribution >= 0.6 is 0 Å². The molecule has 1 aliphatic rings. The Morgan fingerprint density at radius 3 is 2.64 bits per heavy atom. The highest BCUT2D eigenvalue weighted by Crippen LogP contribution is 2.38. The van der Waals surface area contributed by atoms with Gasteiger partial charge in [-0.1, -0.05) is 0 Å². The average Bonchev–Trinajstić information content (AvgIpc) is 2.68. The molecule has 3 aromatic rings. The Labute approximate surface area is 160 Å². The fraction of sp³-hybridized carbons (Fsp3) is 0.190. The maximum atomic E-state index is 14.1. The van der Waals surface area contributed by atoms with Crippen molar-refractivity contribution in [1.82, 2.24) is 9.88 Å². The van der Waals surface area contributed by atoms with E-state index >= 15 is 0 Å². The van der Waals surface area contributed by atoms with Crippen LogP contribution in [0.2, 0.25) is 0 Å². The van der Waals surface area contributed by atoms with E-state index in [9.17, 15) is 13.6 Å². The van der Waals surface area contributed by atoms with E-state index in [1.165, 1.54) is 10.6 Å². The van der Waals surface area contributed by atoms with Crippen molar-refractivity contribution in [2.24, 2.45) is 7.05 Å². The number of aromatic nitrogens is 1. The number of hydrogen-bond acceptors (Lipinski definition) is 4. The maximum Gasteiger partial charge on any atom is 0.253 e. The molecule has 28 heavy (non-hydrogen) atoms. The van der Waals surface area contributed by atoms with Crippen LogP contribution in [0.25, 0.3) is 11.1 Å². The van der Waals surface area contributed by atoms with Crippen LogP contribution in [0.1, 0.15) is 11.1 Å². The number of pyridine rings is 1. The highest BCUT2D eigenvalue weighted by Gasteiger charge is 2.21. The van der Waals surface area contributed by atoms with Crippen LogP contribution in [-0.2, 0) is 20.0 Å². The van der Waals surface area contributed by atoms with Crippen LogP contribution in [-0.4, -0.2) is 11.1 Å². The number of anilines is 1. The lowest BCUT2D eigenvalue weighted by Crippen LogP contribution is -2.33. The smallest absolute Gasteiger partial charge is 0.253 e. The first-order chi connectivity index (χ1) is 13.4. The largest absolute Gasteiger partial charge is 0.454 e. The minimum absolute atomic E-state index is 0.0313. The van der Waals surface area contributed by atoms with Crippen molar-refractivity contribution in [3.8, 4) is 22.6 Å². The molecule has 0 fully saturated rings. The molecule has 4 rings (SSSR count). The number of nitrogen functional groups attached to an aromatic ring is 1. The van der Waals surface area contributed by atoms with Crippen molar-refractivity contribution in [3.05, 3.63) is 75.7 Å². The summed E-state index contributed by atoms with van der Waals surface area (Å²) in [6.45, 7) is 1.27. The lowest BCUT2D eigenvalue weighted by molar-refractivity contribution is 0.439. The predicted molar refractivity (Wildman–Crippen MR) is 103 cm³/mol. The van der Waals surface area contributed by atoms with Crippen LogP contribution in [0.15, 0.2) is 47.4 Å². The van der Waals surface area contributed by atoms with Crippen molar-refractivity contribution in [2.75, 3.05) is 12.3 Å². The van der Waals surface area contributed by atoms with Gasteiger partial charge in [-0.25, -0.2) is 8.78 Å². The SMILES string of the molecule is Cn1cc(-c2cc(N)ccc2Oc2ccc(F)cc2F)c2c(c1=O)CCNC2. The van der Waals surface area contributed by atoms with E-state index in [0.717, 1.165) is 35.4 Å². The van der Waals surface area contributed by atoms with Gasteiger partial charge >= 0.3 is 0 Å². The van der Waals surface area contributed by atoms with E-state index in [1.54, 1.807) is 31.4 Å². The van der Waals surface area contributed by atoms with Gasteiger partial charge in [0.2, 0.25) is 0 Å². The van der Waals surface area contributed by atoms with Crippen LogP contribution in [0.4, 0.5) is 14.5 Å². The number of fused-ring (bicyclic) bond motifs is 1. The van der Waals surface area contributed by atoms with Crippen LogP contribution in [0.3, 0.4) is 0 Å². The van der Waals surface area contributed by atoms with Gasteiger partial charge in [0.15, 0.2) is 11.6 Å². The monoisotopic (exact) mass is 383 g/mol. The molecule has 7 heteroatoms. The molecule has 0 atom stereocenters. The zero-order valence-electron chi connectivity index (χ0n) is 15.3. The first-order valence-corrected chi connectivity index (χ1v) is 8.89. The summed E-state index contributed by atoms with van der Waals surface area (Å²) in [5, 5.41) is 3.28. The van der Waals surface area contributed by atoms with Crippen molar-refractivity contribution >= 4 is 5.69 Å². The van der Waals surface area contributed by atoms with Crippen LogP contribution in [0.5, 0.6) is 11.5 Å². The van der Waals surface area contributed by atoms with Crippen LogP contribution < -0.4 is 21.3 Å². The van der Waals surface area contributed by atoms with Gasteiger partial charge in [-0.3, -0.25) is 4.79 Å². The Hall–Kier alpha value is -3.19. The Balaban J connectivity index is 1.88. The van der Waals surface area contributed by atoms with Gasteiger partial charge in [0.1, 0.15) is 11.6 Å². The van der Waals surface area contributed by atoms with Gasteiger partial charge in [0.25, 0.3) is 5.56 Å². The normalized spacial score (nSPS) is 13.2. The summed E-state index contributed by atoms with van der Waals surface area (Å²) in [7, 11) is 1.70. The summed E-state index contributed by atoms with van der Waals surface area (Å²) in [6, 6.07) is 8.15. The van der Waals surface area contributed by atoms with E-state index in [1.807, 2.05) is 0 Å². The van der Waals surface area contributed by atoms with Gasteiger partial charge in [0, 0.05) is 48.2 Å². The van der Waals surface area contributed by atoms with Gasteiger partial charge in [-0.05, 0) is 48.9 Å². The highest BCUT2D eigenvalue weighted by atomic mass is 19.1. The summed E-state index contributed by atoms with van der Waals surface area (Å²) >= 11 is 0. The second-order valence-electron chi connectivity index (χ2n) is 6.78. The van der Waals surface area contributed by atoms with Gasteiger partial charge in [0.05, 0.1) is 0 Å². The molecule has 0 unspecified atom stereocenters. The summed E-state index contributed by atoms with van der Waals surface area (Å²) < 4.78 is 34.6. The zero-order valence-corrected chi connectivity index (χ0v) is 15.3. The number of ether oxygens (including phenoxy) is 1. The Bertz CT molecular complexity index is 1130. The number of hydrogen-bond donors (Lipinski definition) is 2. The molecule has 2 aromatic carbocycles. The van der Waals surface area contributed by atoms with E-state index in [2.05, 4.69) is 5.32 Å². The molecule has 0 aliphatic carbocycles. The molecule has 0 saturated carbocycles. The summed E-state index contributed by atoms with van der Waals surface area (Å²) in [6.07, 6.45) is 2.36. The Morgan fingerprint density at radius 1 is 1.07 bits per heavy atom. The molecule has 1 aliphatic heterocycles. The standard InChI is InChI=1S/C21H19F2N3O2/c1-26-11-17(16-10-25-7-6-14(16)21(26)27)15-9-13(24)3-5-19(15)28-20-4-2-12(22)8-18(20)23/h2-5,8-9,11,25H,6-7,10,24H2,1H3. The van der Waals surface area contributed by atoms with Gasteiger partial charge < -0.3 is 20.4 Å². The molecule has 0 saturated heterocycles. The van der Waals surface area contributed by atoms with E-state index < -0.39 is 11.6 Å². The molecule has 0 radical (unpaired) electrons. The van der Waals surface area contributed by atoms with Crippen molar-refractivity contribution in [1.29, 1.82) is 0 Å². The van der Waals surface area contributed by atoms with E-state index in [4.69, 9.17) is 10.5 Å². The first kappa shape index (κ1) is 18.2. The summed E-state index contributed by atoms with van der Waals surface area (Å²) in [4.78, 5) is 12.5. The average molecular weight is 383 g/mol. The van der Waals surface area contributed by atoms with Gasteiger partial charge in [-0.15, -0.1) is 0 Å². The van der Waals surface area contributed by atoms with E-state index in [-0.39, 0.29) is 11.3 Å². The molecular formula is C21H19F2N3O2. The second-order valence-corrected chi connectivity index (χ2v) is 6.78. The third-order valence-electron chi connectivity index (χ3n) is 4.85.